The highest BCUT2D eigenvalue weighted by Gasteiger charge is 2.41. The standard InChI is InChI=1S/C14H19NO/c1-14(2)7-9-4-3-5-11(13(9)16-14)12-6-10(12)8-15/h3-5,10,12H,6-8,15H2,1-2H3. The lowest BCUT2D eigenvalue weighted by molar-refractivity contribution is 0.137. The fourth-order valence-electron chi connectivity index (χ4n) is 2.82. The van der Waals surface area contributed by atoms with E-state index in [9.17, 15) is 0 Å². The maximum atomic E-state index is 6.08. The first-order valence-corrected chi connectivity index (χ1v) is 6.11. The first kappa shape index (κ1) is 10.2. The van der Waals surface area contributed by atoms with Gasteiger partial charge in [0.1, 0.15) is 11.4 Å². The van der Waals surface area contributed by atoms with E-state index in [2.05, 4.69) is 32.0 Å². The monoisotopic (exact) mass is 217 g/mol. The highest BCUT2D eigenvalue weighted by molar-refractivity contribution is 5.49. The summed E-state index contributed by atoms with van der Waals surface area (Å²) in [5.74, 6) is 2.47. The van der Waals surface area contributed by atoms with Crippen LogP contribution in [0.2, 0.25) is 0 Å². The van der Waals surface area contributed by atoms with E-state index in [4.69, 9.17) is 10.5 Å². The molecule has 2 unspecified atom stereocenters. The predicted molar refractivity (Wildman–Crippen MR) is 64.8 cm³/mol. The largest absolute Gasteiger partial charge is 0.487 e. The van der Waals surface area contributed by atoms with Gasteiger partial charge in [0.05, 0.1) is 0 Å². The number of ether oxygens (including phenoxy) is 1. The van der Waals surface area contributed by atoms with Gasteiger partial charge in [-0.2, -0.15) is 0 Å². The van der Waals surface area contributed by atoms with E-state index in [-0.39, 0.29) is 5.60 Å². The number of hydrogen-bond acceptors (Lipinski definition) is 2. The number of benzene rings is 1. The molecule has 1 aromatic rings. The van der Waals surface area contributed by atoms with E-state index in [1.807, 2.05) is 0 Å². The van der Waals surface area contributed by atoms with Crippen LogP contribution in [0.3, 0.4) is 0 Å². The zero-order valence-electron chi connectivity index (χ0n) is 9.99. The Bertz CT molecular complexity index is 425. The molecule has 1 saturated carbocycles. The van der Waals surface area contributed by atoms with Crippen molar-refractivity contribution < 1.29 is 4.74 Å². The molecule has 16 heavy (non-hydrogen) atoms. The Labute approximate surface area is 96.8 Å². The van der Waals surface area contributed by atoms with Gasteiger partial charge in [0.15, 0.2) is 0 Å². The summed E-state index contributed by atoms with van der Waals surface area (Å²) in [7, 11) is 0. The van der Waals surface area contributed by atoms with Crippen LogP contribution < -0.4 is 10.5 Å². The van der Waals surface area contributed by atoms with E-state index in [0.717, 1.165) is 18.7 Å². The molecule has 2 heteroatoms. The zero-order chi connectivity index (χ0) is 11.3. The maximum Gasteiger partial charge on any atom is 0.126 e. The molecule has 0 aromatic heterocycles. The molecule has 0 amide bonds. The van der Waals surface area contributed by atoms with E-state index in [1.165, 1.54) is 17.5 Å². The SMILES string of the molecule is CC1(C)Cc2cccc(C3CC3CN)c2O1. The van der Waals surface area contributed by atoms with Crippen molar-refractivity contribution in [2.45, 2.75) is 38.2 Å². The summed E-state index contributed by atoms with van der Waals surface area (Å²) < 4.78 is 6.08. The molecule has 1 aliphatic carbocycles. The molecular formula is C14H19NO. The quantitative estimate of drug-likeness (QED) is 0.826. The summed E-state index contributed by atoms with van der Waals surface area (Å²) in [6.07, 6.45) is 2.26. The molecular weight excluding hydrogens is 198 g/mol. The first-order chi connectivity index (χ1) is 7.61. The van der Waals surface area contributed by atoms with Crippen molar-refractivity contribution in [1.29, 1.82) is 0 Å². The van der Waals surface area contributed by atoms with E-state index in [0.29, 0.717) is 11.8 Å². The van der Waals surface area contributed by atoms with Gasteiger partial charge >= 0.3 is 0 Å². The van der Waals surface area contributed by atoms with Crippen LogP contribution in [0, 0.1) is 5.92 Å². The highest BCUT2D eigenvalue weighted by Crippen LogP contribution is 2.52. The molecule has 2 atom stereocenters. The van der Waals surface area contributed by atoms with Gasteiger partial charge in [-0.15, -0.1) is 0 Å². The van der Waals surface area contributed by atoms with Crippen molar-refractivity contribution >= 4 is 0 Å². The van der Waals surface area contributed by atoms with Crippen LogP contribution in [0.1, 0.15) is 37.3 Å². The second kappa shape index (κ2) is 3.24. The van der Waals surface area contributed by atoms with Gasteiger partial charge < -0.3 is 10.5 Å². The molecule has 0 spiro atoms. The van der Waals surface area contributed by atoms with Crippen LogP contribution in [0.25, 0.3) is 0 Å². The predicted octanol–water partition coefficient (Wildman–Crippen LogP) is 2.46. The number of fused-ring (bicyclic) bond motifs is 1. The fourth-order valence-corrected chi connectivity index (χ4v) is 2.82. The Hall–Kier alpha value is -1.02. The van der Waals surface area contributed by atoms with E-state index in [1.54, 1.807) is 0 Å². The van der Waals surface area contributed by atoms with Crippen molar-refractivity contribution in [2.75, 3.05) is 6.54 Å². The normalized spacial score (nSPS) is 29.7. The van der Waals surface area contributed by atoms with Gasteiger partial charge in [-0.05, 0) is 49.8 Å². The topological polar surface area (TPSA) is 35.2 Å². The second-order valence-corrected chi connectivity index (χ2v) is 5.71. The molecule has 1 aromatic carbocycles. The van der Waals surface area contributed by atoms with E-state index >= 15 is 0 Å². The van der Waals surface area contributed by atoms with Crippen LogP contribution in [0.15, 0.2) is 18.2 Å². The first-order valence-electron chi connectivity index (χ1n) is 6.11. The van der Waals surface area contributed by atoms with Gasteiger partial charge in [-0.3, -0.25) is 0 Å². The molecule has 1 aliphatic heterocycles. The van der Waals surface area contributed by atoms with Crippen molar-refractivity contribution in [3.05, 3.63) is 29.3 Å². The molecule has 3 rings (SSSR count). The smallest absolute Gasteiger partial charge is 0.126 e. The lowest BCUT2D eigenvalue weighted by atomic mass is 9.99. The minimum atomic E-state index is -0.0362. The van der Waals surface area contributed by atoms with Crippen molar-refractivity contribution in [1.82, 2.24) is 0 Å². The van der Waals surface area contributed by atoms with Crippen LogP contribution in [0.4, 0.5) is 0 Å². The molecule has 2 aliphatic rings. The molecule has 0 saturated heterocycles. The second-order valence-electron chi connectivity index (χ2n) is 5.71. The average Bonchev–Trinajstić information content (AvgIpc) is 2.92. The molecule has 1 heterocycles. The summed E-state index contributed by atoms with van der Waals surface area (Å²) in [6.45, 7) is 5.12. The minimum Gasteiger partial charge on any atom is -0.487 e. The van der Waals surface area contributed by atoms with Gasteiger partial charge in [0.25, 0.3) is 0 Å². The number of para-hydroxylation sites is 1. The Morgan fingerprint density at radius 3 is 2.94 bits per heavy atom. The Morgan fingerprint density at radius 1 is 1.44 bits per heavy atom. The van der Waals surface area contributed by atoms with Crippen LogP contribution >= 0.6 is 0 Å². The number of hydrogen-bond donors (Lipinski definition) is 1. The number of nitrogens with two attached hydrogens (primary N) is 1. The van der Waals surface area contributed by atoms with Gasteiger partial charge in [-0.25, -0.2) is 0 Å². The lowest BCUT2D eigenvalue weighted by Gasteiger charge is -2.18. The summed E-state index contributed by atoms with van der Waals surface area (Å²) in [5.41, 5.74) is 8.44. The van der Waals surface area contributed by atoms with Crippen molar-refractivity contribution in [3.8, 4) is 5.75 Å². The van der Waals surface area contributed by atoms with Crippen molar-refractivity contribution in [3.63, 3.8) is 0 Å². The highest BCUT2D eigenvalue weighted by atomic mass is 16.5. The molecule has 2 N–H and O–H groups in total. The van der Waals surface area contributed by atoms with E-state index < -0.39 is 0 Å². The molecule has 0 bridgehead atoms. The summed E-state index contributed by atoms with van der Waals surface area (Å²) in [6, 6.07) is 6.55. The van der Waals surface area contributed by atoms with Gasteiger partial charge in [-0.1, -0.05) is 18.2 Å². The zero-order valence-corrected chi connectivity index (χ0v) is 9.99. The summed E-state index contributed by atoms with van der Waals surface area (Å²) in [5, 5.41) is 0. The maximum absolute atomic E-state index is 6.08. The molecule has 1 fully saturated rings. The Kier molecular flexibility index (Phi) is 2.05. The summed E-state index contributed by atoms with van der Waals surface area (Å²) >= 11 is 0. The van der Waals surface area contributed by atoms with Gasteiger partial charge in [0, 0.05) is 6.42 Å². The molecule has 2 nitrogen and oxygen atoms in total. The van der Waals surface area contributed by atoms with Crippen LogP contribution in [-0.4, -0.2) is 12.1 Å². The third-order valence-corrected chi connectivity index (χ3v) is 3.75. The molecule has 0 radical (unpaired) electrons. The third kappa shape index (κ3) is 1.52. The average molecular weight is 217 g/mol. The Morgan fingerprint density at radius 2 is 2.25 bits per heavy atom. The lowest BCUT2D eigenvalue weighted by Crippen LogP contribution is -2.24. The van der Waals surface area contributed by atoms with Crippen LogP contribution in [0.5, 0.6) is 5.75 Å². The number of rotatable bonds is 2. The summed E-state index contributed by atoms with van der Waals surface area (Å²) in [4.78, 5) is 0. The third-order valence-electron chi connectivity index (χ3n) is 3.75. The molecule has 86 valence electrons. The van der Waals surface area contributed by atoms with Crippen LogP contribution in [-0.2, 0) is 6.42 Å². The van der Waals surface area contributed by atoms with Crippen molar-refractivity contribution in [2.24, 2.45) is 11.7 Å². The minimum absolute atomic E-state index is 0.0362. The fraction of sp³-hybridized carbons (Fsp3) is 0.571. The Balaban J connectivity index is 1.95. The van der Waals surface area contributed by atoms with Gasteiger partial charge in [0.2, 0.25) is 0 Å².